The lowest BCUT2D eigenvalue weighted by Gasteiger charge is -2.07. The zero-order valence-electron chi connectivity index (χ0n) is 9.98. The van der Waals surface area contributed by atoms with Crippen molar-refractivity contribution in [1.29, 1.82) is 0 Å². The number of carbonyl (C=O) groups is 1. The predicted molar refractivity (Wildman–Crippen MR) is 65.4 cm³/mol. The highest BCUT2D eigenvalue weighted by Crippen LogP contribution is 2.07. The van der Waals surface area contributed by atoms with Gasteiger partial charge in [-0.3, -0.25) is 0 Å². The van der Waals surface area contributed by atoms with Crippen LogP contribution in [0.2, 0.25) is 0 Å². The predicted octanol–water partition coefficient (Wildman–Crippen LogP) is 2.01. The molecule has 5 nitrogen and oxygen atoms in total. The van der Waals surface area contributed by atoms with Gasteiger partial charge in [0.25, 0.3) is 0 Å². The Labute approximate surface area is 101 Å². The van der Waals surface area contributed by atoms with Crippen molar-refractivity contribution in [2.75, 3.05) is 25.1 Å². The van der Waals surface area contributed by atoms with E-state index in [1.165, 1.54) is 12.3 Å². The second-order valence-electron chi connectivity index (χ2n) is 3.63. The molecule has 0 aromatic carbocycles. The van der Waals surface area contributed by atoms with Gasteiger partial charge in [-0.05, 0) is 18.6 Å². The lowest BCUT2D eigenvalue weighted by Crippen LogP contribution is -2.11. The molecule has 1 heterocycles. The Morgan fingerprint density at radius 1 is 1.53 bits per heavy atom. The number of aromatic nitrogens is 1. The van der Waals surface area contributed by atoms with Gasteiger partial charge in [-0.25, -0.2) is 9.78 Å². The summed E-state index contributed by atoms with van der Waals surface area (Å²) >= 11 is 0. The van der Waals surface area contributed by atoms with Crippen LogP contribution in [0.15, 0.2) is 18.3 Å². The van der Waals surface area contributed by atoms with Gasteiger partial charge < -0.3 is 15.2 Å². The van der Waals surface area contributed by atoms with E-state index in [1.54, 1.807) is 6.07 Å². The Bertz CT molecular complexity index is 355. The molecule has 0 bridgehead atoms. The summed E-state index contributed by atoms with van der Waals surface area (Å²) in [7, 11) is 0. The molecular weight excluding hydrogens is 220 g/mol. The molecule has 0 spiro atoms. The molecule has 0 aliphatic heterocycles. The molecule has 0 fully saturated rings. The maximum Gasteiger partial charge on any atom is 0.354 e. The largest absolute Gasteiger partial charge is 0.477 e. The minimum absolute atomic E-state index is 0.0434. The molecule has 2 N–H and O–H groups in total. The van der Waals surface area contributed by atoms with E-state index in [4.69, 9.17) is 9.84 Å². The zero-order chi connectivity index (χ0) is 12.5. The Balaban J connectivity index is 2.27. The molecule has 0 aliphatic rings. The molecule has 94 valence electrons. The van der Waals surface area contributed by atoms with Crippen LogP contribution in [0, 0.1) is 0 Å². The van der Waals surface area contributed by atoms with Crippen molar-refractivity contribution < 1.29 is 14.6 Å². The molecule has 17 heavy (non-hydrogen) atoms. The summed E-state index contributed by atoms with van der Waals surface area (Å²) in [5.41, 5.74) is 0.790. The maximum atomic E-state index is 10.7. The van der Waals surface area contributed by atoms with Gasteiger partial charge in [0.15, 0.2) is 0 Å². The first-order valence-electron chi connectivity index (χ1n) is 5.75. The van der Waals surface area contributed by atoms with Crippen LogP contribution in [0.4, 0.5) is 5.69 Å². The van der Waals surface area contributed by atoms with Crippen LogP contribution in [0.5, 0.6) is 0 Å². The van der Waals surface area contributed by atoms with Crippen molar-refractivity contribution in [3.8, 4) is 0 Å². The van der Waals surface area contributed by atoms with Crippen molar-refractivity contribution in [2.45, 2.75) is 19.8 Å². The third kappa shape index (κ3) is 5.31. The number of nitrogens with one attached hydrogen (secondary N) is 1. The quantitative estimate of drug-likeness (QED) is 0.678. The van der Waals surface area contributed by atoms with Crippen molar-refractivity contribution in [2.24, 2.45) is 0 Å². The Morgan fingerprint density at radius 2 is 2.35 bits per heavy atom. The van der Waals surface area contributed by atoms with Crippen LogP contribution < -0.4 is 5.32 Å². The number of nitrogens with zero attached hydrogens (tertiary/aromatic N) is 1. The van der Waals surface area contributed by atoms with Crippen molar-refractivity contribution in [3.05, 3.63) is 24.0 Å². The summed E-state index contributed by atoms with van der Waals surface area (Å²) in [5, 5.41) is 11.9. The number of ether oxygens (including phenoxy) is 1. The van der Waals surface area contributed by atoms with Crippen LogP contribution in [-0.2, 0) is 4.74 Å². The van der Waals surface area contributed by atoms with Gasteiger partial charge in [0, 0.05) is 25.0 Å². The number of hydrogen-bond donors (Lipinski definition) is 2. The van der Waals surface area contributed by atoms with Crippen molar-refractivity contribution in [3.63, 3.8) is 0 Å². The van der Waals surface area contributed by atoms with E-state index in [9.17, 15) is 4.79 Å². The first kappa shape index (κ1) is 13.4. The monoisotopic (exact) mass is 238 g/mol. The van der Waals surface area contributed by atoms with Gasteiger partial charge in [-0.15, -0.1) is 0 Å². The number of aromatic carboxylic acids is 1. The molecule has 0 saturated heterocycles. The fraction of sp³-hybridized carbons (Fsp3) is 0.500. The van der Waals surface area contributed by atoms with E-state index < -0.39 is 5.97 Å². The van der Waals surface area contributed by atoms with Crippen LogP contribution in [0.25, 0.3) is 0 Å². The molecule has 0 aliphatic carbocycles. The number of pyridine rings is 1. The van der Waals surface area contributed by atoms with Crippen LogP contribution in [-0.4, -0.2) is 35.8 Å². The van der Waals surface area contributed by atoms with E-state index in [0.29, 0.717) is 13.2 Å². The minimum Gasteiger partial charge on any atom is -0.477 e. The number of carboxylic acid groups (broad SMARTS) is 1. The molecule has 1 aromatic rings. The van der Waals surface area contributed by atoms with Crippen molar-refractivity contribution in [1.82, 2.24) is 4.98 Å². The maximum absolute atomic E-state index is 10.7. The molecular formula is C12H18N2O3. The summed E-state index contributed by atoms with van der Waals surface area (Å²) in [6.07, 6.45) is 3.67. The molecule has 1 aromatic heterocycles. The van der Waals surface area contributed by atoms with E-state index in [0.717, 1.165) is 25.1 Å². The SMILES string of the molecule is CCCCOCCNc1ccnc(C(=O)O)c1. The molecule has 0 amide bonds. The first-order chi connectivity index (χ1) is 8.24. The smallest absolute Gasteiger partial charge is 0.354 e. The van der Waals surface area contributed by atoms with Crippen LogP contribution >= 0.6 is 0 Å². The molecule has 0 radical (unpaired) electrons. The lowest BCUT2D eigenvalue weighted by molar-refractivity contribution is 0.0690. The molecule has 5 heteroatoms. The first-order valence-corrected chi connectivity index (χ1v) is 5.75. The van der Waals surface area contributed by atoms with E-state index >= 15 is 0 Å². The second-order valence-corrected chi connectivity index (χ2v) is 3.63. The highest BCUT2D eigenvalue weighted by Gasteiger charge is 2.04. The number of hydrogen-bond acceptors (Lipinski definition) is 4. The Morgan fingerprint density at radius 3 is 3.06 bits per heavy atom. The topological polar surface area (TPSA) is 71.5 Å². The number of anilines is 1. The normalized spacial score (nSPS) is 10.2. The lowest BCUT2D eigenvalue weighted by atomic mass is 10.3. The Kier molecular flexibility index (Phi) is 6.03. The number of unbranched alkanes of at least 4 members (excludes halogenated alkanes) is 1. The van der Waals surface area contributed by atoms with Crippen LogP contribution in [0.1, 0.15) is 30.3 Å². The number of carboxylic acids is 1. The summed E-state index contributed by atoms with van der Waals surface area (Å²) in [6, 6.07) is 3.24. The third-order valence-corrected chi connectivity index (χ3v) is 2.20. The fourth-order valence-electron chi connectivity index (χ4n) is 1.27. The highest BCUT2D eigenvalue weighted by molar-refractivity contribution is 5.86. The van der Waals surface area contributed by atoms with Gasteiger partial charge in [0.05, 0.1) is 6.61 Å². The minimum atomic E-state index is -1.02. The number of rotatable bonds is 8. The Hall–Kier alpha value is -1.62. The zero-order valence-corrected chi connectivity index (χ0v) is 9.98. The van der Waals surface area contributed by atoms with Gasteiger partial charge in [0.1, 0.15) is 5.69 Å². The second kappa shape index (κ2) is 7.62. The van der Waals surface area contributed by atoms with E-state index in [-0.39, 0.29) is 5.69 Å². The molecule has 0 unspecified atom stereocenters. The summed E-state index contributed by atoms with van der Waals surface area (Å²) in [6.45, 7) is 4.17. The van der Waals surface area contributed by atoms with E-state index in [1.807, 2.05) is 0 Å². The van der Waals surface area contributed by atoms with Crippen LogP contribution in [0.3, 0.4) is 0 Å². The average molecular weight is 238 g/mol. The summed E-state index contributed by atoms with van der Waals surface area (Å²) in [5.74, 6) is -1.02. The summed E-state index contributed by atoms with van der Waals surface area (Å²) in [4.78, 5) is 14.4. The van der Waals surface area contributed by atoms with Gasteiger partial charge in [-0.1, -0.05) is 13.3 Å². The highest BCUT2D eigenvalue weighted by atomic mass is 16.5. The molecule has 0 saturated carbocycles. The standard InChI is InChI=1S/C12H18N2O3/c1-2-3-7-17-8-6-13-10-4-5-14-11(9-10)12(15)16/h4-5,9H,2-3,6-8H2,1H3,(H,13,14)(H,15,16). The van der Waals surface area contributed by atoms with Gasteiger partial charge in [-0.2, -0.15) is 0 Å². The average Bonchev–Trinajstić information content (AvgIpc) is 2.34. The summed E-state index contributed by atoms with van der Waals surface area (Å²) < 4.78 is 5.38. The van der Waals surface area contributed by atoms with E-state index in [2.05, 4.69) is 17.2 Å². The molecule has 1 rings (SSSR count). The van der Waals surface area contributed by atoms with Crippen molar-refractivity contribution >= 4 is 11.7 Å². The fourth-order valence-corrected chi connectivity index (χ4v) is 1.27. The van der Waals surface area contributed by atoms with Gasteiger partial charge in [0.2, 0.25) is 0 Å². The van der Waals surface area contributed by atoms with Gasteiger partial charge >= 0.3 is 5.97 Å². The molecule has 0 atom stereocenters. The third-order valence-electron chi connectivity index (χ3n) is 2.20.